The highest BCUT2D eigenvalue weighted by Gasteiger charge is 2.14. The third-order valence-corrected chi connectivity index (χ3v) is 4.31. The SMILES string of the molecule is COc1ccc(Br)cc1CN(C)C(=O)c1ccc(C(C)C)cc1. The van der Waals surface area contributed by atoms with E-state index in [-0.39, 0.29) is 5.91 Å². The standard InChI is InChI=1S/C19H22BrNO2/c1-13(2)14-5-7-15(8-6-14)19(22)21(3)12-16-11-17(20)9-10-18(16)23-4/h5-11,13H,12H2,1-4H3. The van der Waals surface area contributed by atoms with Crippen LogP contribution in [0.15, 0.2) is 46.9 Å². The van der Waals surface area contributed by atoms with Gasteiger partial charge in [0.2, 0.25) is 0 Å². The summed E-state index contributed by atoms with van der Waals surface area (Å²) in [6, 6.07) is 13.6. The van der Waals surface area contributed by atoms with Crippen LogP contribution in [-0.4, -0.2) is 25.0 Å². The van der Waals surface area contributed by atoms with Crippen LogP contribution in [0.2, 0.25) is 0 Å². The van der Waals surface area contributed by atoms with Gasteiger partial charge in [-0.05, 0) is 41.8 Å². The van der Waals surface area contributed by atoms with Gasteiger partial charge in [-0.3, -0.25) is 4.79 Å². The van der Waals surface area contributed by atoms with Crippen molar-refractivity contribution >= 4 is 21.8 Å². The first-order chi connectivity index (χ1) is 10.9. The number of methoxy groups -OCH3 is 1. The summed E-state index contributed by atoms with van der Waals surface area (Å²) in [5.74, 6) is 1.24. The molecule has 23 heavy (non-hydrogen) atoms. The van der Waals surface area contributed by atoms with Gasteiger partial charge in [-0.1, -0.05) is 41.9 Å². The van der Waals surface area contributed by atoms with Crippen LogP contribution >= 0.6 is 15.9 Å². The molecule has 0 aliphatic heterocycles. The molecule has 0 heterocycles. The van der Waals surface area contributed by atoms with Crippen molar-refractivity contribution in [2.75, 3.05) is 14.2 Å². The molecule has 0 spiro atoms. The number of ether oxygens (including phenoxy) is 1. The summed E-state index contributed by atoms with van der Waals surface area (Å²) >= 11 is 3.46. The molecule has 0 aliphatic carbocycles. The van der Waals surface area contributed by atoms with Gasteiger partial charge in [0.1, 0.15) is 5.75 Å². The fraction of sp³-hybridized carbons (Fsp3) is 0.316. The number of nitrogens with zero attached hydrogens (tertiary/aromatic N) is 1. The Balaban J connectivity index is 2.15. The van der Waals surface area contributed by atoms with Crippen LogP contribution in [0.1, 0.15) is 41.3 Å². The predicted octanol–water partition coefficient (Wildman–Crippen LogP) is 4.85. The molecule has 4 heteroatoms. The number of rotatable bonds is 5. The van der Waals surface area contributed by atoms with E-state index < -0.39 is 0 Å². The summed E-state index contributed by atoms with van der Waals surface area (Å²) < 4.78 is 6.34. The van der Waals surface area contributed by atoms with Crippen molar-refractivity contribution in [2.24, 2.45) is 0 Å². The second-order valence-electron chi connectivity index (χ2n) is 5.89. The quantitative estimate of drug-likeness (QED) is 0.746. The highest BCUT2D eigenvalue weighted by molar-refractivity contribution is 9.10. The smallest absolute Gasteiger partial charge is 0.253 e. The molecule has 0 fully saturated rings. The first-order valence-electron chi connectivity index (χ1n) is 7.60. The summed E-state index contributed by atoms with van der Waals surface area (Å²) in [5, 5.41) is 0. The van der Waals surface area contributed by atoms with Crippen LogP contribution in [0.3, 0.4) is 0 Å². The minimum atomic E-state index is 0.00216. The fourth-order valence-electron chi connectivity index (χ4n) is 2.43. The van der Waals surface area contributed by atoms with E-state index in [4.69, 9.17) is 4.74 Å². The maximum Gasteiger partial charge on any atom is 0.253 e. The Hall–Kier alpha value is -1.81. The van der Waals surface area contributed by atoms with Gasteiger partial charge in [0, 0.05) is 29.2 Å². The Morgan fingerprint density at radius 1 is 1.17 bits per heavy atom. The molecule has 0 unspecified atom stereocenters. The summed E-state index contributed by atoms with van der Waals surface area (Å²) in [5.41, 5.74) is 2.90. The Morgan fingerprint density at radius 3 is 2.39 bits per heavy atom. The zero-order valence-electron chi connectivity index (χ0n) is 14.0. The summed E-state index contributed by atoms with van der Waals surface area (Å²) in [4.78, 5) is 14.3. The van der Waals surface area contributed by atoms with E-state index >= 15 is 0 Å². The Morgan fingerprint density at radius 2 is 1.83 bits per heavy atom. The van der Waals surface area contributed by atoms with E-state index in [0.29, 0.717) is 18.0 Å². The van der Waals surface area contributed by atoms with Crippen molar-refractivity contribution in [1.82, 2.24) is 4.90 Å². The molecule has 0 N–H and O–H groups in total. The molecule has 0 bridgehead atoms. The second-order valence-corrected chi connectivity index (χ2v) is 6.81. The molecule has 0 aliphatic rings. The molecule has 2 rings (SSSR count). The molecular weight excluding hydrogens is 354 g/mol. The van der Waals surface area contributed by atoms with E-state index in [9.17, 15) is 4.79 Å². The van der Waals surface area contributed by atoms with Crippen LogP contribution in [0, 0.1) is 0 Å². The third-order valence-electron chi connectivity index (χ3n) is 3.82. The van der Waals surface area contributed by atoms with Crippen LogP contribution in [0.4, 0.5) is 0 Å². The van der Waals surface area contributed by atoms with Gasteiger partial charge in [0.05, 0.1) is 7.11 Å². The summed E-state index contributed by atoms with van der Waals surface area (Å²) in [6.07, 6.45) is 0. The predicted molar refractivity (Wildman–Crippen MR) is 97.0 cm³/mol. The van der Waals surface area contributed by atoms with Crippen LogP contribution in [0.25, 0.3) is 0 Å². The molecular formula is C19H22BrNO2. The molecule has 0 saturated carbocycles. The molecule has 2 aromatic rings. The normalized spacial score (nSPS) is 10.7. The molecule has 3 nitrogen and oxygen atoms in total. The maximum atomic E-state index is 12.6. The van der Waals surface area contributed by atoms with E-state index in [0.717, 1.165) is 15.8 Å². The van der Waals surface area contributed by atoms with Gasteiger partial charge in [0.25, 0.3) is 5.91 Å². The van der Waals surface area contributed by atoms with Gasteiger partial charge in [-0.25, -0.2) is 0 Å². The Kier molecular flexibility index (Phi) is 5.83. The van der Waals surface area contributed by atoms with Gasteiger partial charge in [-0.2, -0.15) is 0 Å². The zero-order valence-corrected chi connectivity index (χ0v) is 15.6. The fourth-order valence-corrected chi connectivity index (χ4v) is 2.84. The monoisotopic (exact) mass is 375 g/mol. The van der Waals surface area contributed by atoms with E-state index in [1.807, 2.05) is 42.5 Å². The second kappa shape index (κ2) is 7.64. The number of benzene rings is 2. The molecule has 0 saturated heterocycles. The van der Waals surface area contributed by atoms with Crippen molar-refractivity contribution in [3.05, 3.63) is 63.6 Å². The average molecular weight is 376 g/mol. The lowest BCUT2D eigenvalue weighted by Crippen LogP contribution is -2.26. The highest BCUT2D eigenvalue weighted by atomic mass is 79.9. The van der Waals surface area contributed by atoms with Gasteiger partial charge in [0.15, 0.2) is 0 Å². The molecule has 2 aromatic carbocycles. The van der Waals surface area contributed by atoms with Crippen molar-refractivity contribution in [3.63, 3.8) is 0 Å². The summed E-state index contributed by atoms with van der Waals surface area (Å²) in [6.45, 7) is 4.78. The number of carbonyl (C=O) groups is 1. The van der Waals surface area contributed by atoms with Gasteiger partial charge >= 0.3 is 0 Å². The largest absolute Gasteiger partial charge is 0.496 e. The lowest BCUT2D eigenvalue weighted by molar-refractivity contribution is 0.0784. The van der Waals surface area contributed by atoms with E-state index in [2.05, 4.69) is 29.8 Å². The van der Waals surface area contributed by atoms with Crippen molar-refractivity contribution in [2.45, 2.75) is 26.3 Å². The number of carbonyl (C=O) groups excluding carboxylic acids is 1. The van der Waals surface area contributed by atoms with Crippen LogP contribution < -0.4 is 4.74 Å². The summed E-state index contributed by atoms with van der Waals surface area (Å²) in [7, 11) is 3.44. The molecule has 0 radical (unpaired) electrons. The minimum Gasteiger partial charge on any atom is -0.496 e. The topological polar surface area (TPSA) is 29.5 Å². The van der Waals surface area contributed by atoms with E-state index in [1.165, 1.54) is 5.56 Å². The average Bonchev–Trinajstić information content (AvgIpc) is 2.54. The van der Waals surface area contributed by atoms with Gasteiger partial charge in [-0.15, -0.1) is 0 Å². The number of halogens is 1. The highest BCUT2D eigenvalue weighted by Crippen LogP contribution is 2.24. The van der Waals surface area contributed by atoms with Crippen molar-refractivity contribution in [3.8, 4) is 5.75 Å². The molecule has 0 aromatic heterocycles. The van der Waals surface area contributed by atoms with Crippen molar-refractivity contribution in [1.29, 1.82) is 0 Å². The lowest BCUT2D eigenvalue weighted by atomic mass is 10.0. The lowest BCUT2D eigenvalue weighted by Gasteiger charge is -2.19. The molecule has 1 amide bonds. The number of hydrogen-bond donors (Lipinski definition) is 0. The van der Waals surface area contributed by atoms with Crippen LogP contribution in [0.5, 0.6) is 5.75 Å². The number of hydrogen-bond acceptors (Lipinski definition) is 2. The third kappa shape index (κ3) is 4.35. The first kappa shape index (κ1) is 17.5. The Labute approximate surface area is 146 Å². The van der Waals surface area contributed by atoms with Crippen LogP contribution in [-0.2, 0) is 6.54 Å². The first-order valence-corrected chi connectivity index (χ1v) is 8.39. The zero-order chi connectivity index (χ0) is 17.0. The minimum absolute atomic E-state index is 0.00216. The van der Waals surface area contributed by atoms with Gasteiger partial charge < -0.3 is 9.64 Å². The Bertz CT molecular complexity index is 680. The molecule has 122 valence electrons. The maximum absolute atomic E-state index is 12.6. The van der Waals surface area contributed by atoms with Crippen molar-refractivity contribution < 1.29 is 9.53 Å². The molecule has 0 atom stereocenters. The van der Waals surface area contributed by atoms with E-state index in [1.54, 1.807) is 19.1 Å². The number of amides is 1.